The second-order valence-electron chi connectivity index (χ2n) is 6.77. The van der Waals surface area contributed by atoms with Crippen molar-refractivity contribution in [1.29, 1.82) is 0 Å². The Balaban J connectivity index is 1.72. The van der Waals surface area contributed by atoms with Crippen LogP contribution in [0.25, 0.3) is 0 Å². The van der Waals surface area contributed by atoms with Crippen molar-refractivity contribution in [1.82, 2.24) is 10.2 Å². The molecule has 1 fully saturated rings. The van der Waals surface area contributed by atoms with E-state index in [1.165, 1.54) is 0 Å². The van der Waals surface area contributed by atoms with Crippen LogP contribution in [-0.4, -0.2) is 53.5 Å². The second kappa shape index (κ2) is 11.1. The Morgan fingerprint density at radius 2 is 1.93 bits per heavy atom. The molecule has 0 saturated carbocycles. The van der Waals surface area contributed by atoms with E-state index in [-0.39, 0.29) is 30.6 Å². The molecule has 2 amide bonds. The van der Waals surface area contributed by atoms with Crippen molar-refractivity contribution in [2.45, 2.75) is 38.6 Å². The molecule has 1 aliphatic heterocycles. The molecule has 1 unspecified atom stereocenters. The van der Waals surface area contributed by atoms with Crippen LogP contribution < -0.4 is 10.1 Å². The molecule has 1 aromatic rings. The van der Waals surface area contributed by atoms with Gasteiger partial charge in [-0.05, 0) is 38.3 Å². The van der Waals surface area contributed by atoms with E-state index in [1.54, 1.807) is 24.0 Å². The third-order valence-electron chi connectivity index (χ3n) is 4.77. The number of carboxylic acid groups (broad SMARTS) is 1. The number of ether oxygens (including phenoxy) is 1. The molecule has 1 saturated heterocycles. The third-order valence-corrected chi connectivity index (χ3v) is 4.77. The summed E-state index contributed by atoms with van der Waals surface area (Å²) in [5.74, 6) is -0.825. The van der Waals surface area contributed by atoms with Gasteiger partial charge in [0.05, 0.1) is 13.0 Å². The van der Waals surface area contributed by atoms with Crippen molar-refractivity contribution < 1.29 is 24.2 Å². The monoisotopic (exact) mass is 388 g/mol. The number of para-hydroxylation sites is 1. The fraction of sp³-hybridized carbons (Fsp3) is 0.476. The molecular weight excluding hydrogens is 360 g/mol. The number of benzene rings is 1. The molecule has 0 radical (unpaired) electrons. The largest absolute Gasteiger partial charge is 0.493 e. The van der Waals surface area contributed by atoms with E-state index in [1.807, 2.05) is 30.3 Å². The van der Waals surface area contributed by atoms with E-state index in [2.05, 4.69) is 5.32 Å². The summed E-state index contributed by atoms with van der Waals surface area (Å²) < 4.78 is 5.55. The molecule has 7 nitrogen and oxygen atoms in total. The molecule has 1 heterocycles. The number of rotatable bonds is 9. The minimum absolute atomic E-state index is 0.00582. The topological polar surface area (TPSA) is 95.9 Å². The normalized spacial score (nSPS) is 16.0. The van der Waals surface area contributed by atoms with Crippen molar-refractivity contribution in [3.05, 3.63) is 42.5 Å². The highest BCUT2D eigenvalue weighted by Crippen LogP contribution is 2.19. The molecule has 0 aliphatic carbocycles. The lowest BCUT2D eigenvalue weighted by Crippen LogP contribution is -2.47. The number of hydrogen-bond acceptors (Lipinski definition) is 4. The molecule has 1 aromatic carbocycles. The number of carboxylic acids is 1. The average Bonchev–Trinajstić information content (AvgIpc) is 2.71. The van der Waals surface area contributed by atoms with E-state index in [0.29, 0.717) is 32.5 Å². The zero-order valence-corrected chi connectivity index (χ0v) is 16.2. The number of carbonyl (C=O) groups excluding carboxylic acids is 2. The zero-order chi connectivity index (χ0) is 20.4. The number of allylic oxidation sites excluding steroid dienone is 1. The summed E-state index contributed by atoms with van der Waals surface area (Å²) in [6.45, 7) is 3.11. The van der Waals surface area contributed by atoms with Gasteiger partial charge in [0.25, 0.3) is 0 Å². The van der Waals surface area contributed by atoms with Gasteiger partial charge in [-0.15, -0.1) is 0 Å². The highest BCUT2D eigenvalue weighted by atomic mass is 16.5. The maximum atomic E-state index is 12.4. The molecule has 0 bridgehead atoms. The summed E-state index contributed by atoms with van der Waals surface area (Å²) in [6.07, 6.45) is 5.10. The number of carbonyl (C=O) groups is 3. The van der Waals surface area contributed by atoms with Crippen LogP contribution in [0.2, 0.25) is 0 Å². The van der Waals surface area contributed by atoms with Gasteiger partial charge in [0.15, 0.2) is 0 Å². The SMILES string of the molecule is C/C=C/CC(NC(=O)C1CCN(C(=O)CCOc2ccccc2)CC1)C(=O)O. The fourth-order valence-electron chi connectivity index (χ4n) is 3.11. The Kier molecular flexibility index (Phi) is 8.52. The standard InChI is InChI=1S/C21H28N2O5/c1-2-3-9-18(21(26)27)22-20(25)16-10-13-23(14-11-16)19(24)12-15-28-17-7-5-4-6-8-17/h2-8,16,18H,9-15H2,1H3,(H,22,25)(H,26,27)/b3-2+. The van der Waals surface area contributed by atoms with Gasteiger partial charge < -0.3 is 20.1 Å². The van der Waals surface area contributed by atoms with Crippen LogP contribution >= 0.6 is 0 Å². The Labute approximate surface area is 165 Å². The molecule has 1 atom stereocenters. The number of piperidine rings is 1. The maximum Gasteiger partial charge on any atom is 0.326 e. The molecule has 28 heavy (non-hydrogen) atoms. The number of nitrogens with one attached hydrogen (secondary N) is 1. The Bertz CT molecular complexity index is 681. The van der Waals surface area contributed by atoms with Crippen molar-refractivity contribution in [2.75, 3.05) is 19.7 Å². The predicted molar refractivity (Wildman–Crippen MR) is 105 cm³/mol. The van der Waals surface area contributed by atoms with E-state index >= 15 is 0 Å². The maximum absolute atomic E-state index is 12.4. The van der Waals surface area contributed by atoms with Crippen LogP contribution in [0.15, 0.2) is 42.5 Å². The number of nitrogens with zero attached hydrogens (tertiary/aromatic N) is 1. The van der Waals surface area contributed by atoms with Crippen LogP contribution in [0.3, 0.4) is 0 Å². The lowest BCUT2D eigenvalue weighted by Gasteiger charge is -2.32. The molecular formula is C21H28N2O5. The summed E-state index contributed by atoms with van der Waals surface area (Å²) in [4.78, 5) is 37.7. The smallest absolute Gasteiger partial charge is 0.326 e. The lowest BCUT2D eigenvalue weighted by atomic mass is 9.95. The van der Waals surface area contributed by atoms with Gasteiger partial charge in [-0.3, -0.25) is 9.59 Å². The first-order chi connectivity index (χ1) is 13.5. The van der Waals surface area contributed by atoms with Gasteiger partial charge in [-0.1, -0.05) is 30.4 Å². The molecule has 1 aliphatic rings. The minimum atomic E-state index is -1.04. The van der Waals surface area contributed by atoms with E-state index < -0.39 is 12.0 Å². The van der Waals surface area contributed by atoms with Gasteiger partial charge in [-0.2, -0.15) is 0 Å². The van der Waals surface area contributed by atoms with Crippen molar-refractivity contribution >= 4 is 17.8 Å². The van der Waals surface area contributed by atoms with Crippen LogP contribution in [0.5, 0.6) is 5.75 Å². The third kappa shape index (κ3) is 6.72. The quantitative estimate of drug-likeness (QED) is 0.633. The number of hydrogen-bond donors (Lipinski definition) is 2. The van der Waals surface area contributed by atoms with Gasteiger partial charge in [0.2, 0.25) is 11.8 Å². The van der Waals surface area contributed by atoms with Gasteiger partial charge >= 0.3 is 5.97 Å². The molecule has 0 aromatic heterocycles. The summed E-state index contributed by atoms with van der Waals surface area (Å²) in [7, 11) is 0. The second-order valence-corrected chi connectivity index (χ2v) is 6.77. The van der Waals surface area contributed by atoms with Crippen molar-refractivity contribution in [3.8, 4) is 5.75 Å². The van der Waals surface area contributed by atoms with Gasteiger partial charge in [0, 0.05) is 19.0 Å². The first-order valence-corrected chi connectivity index (χ1v) is 9.61. The van der Waals surface area contributed by atoms with Crippen molar-refractivity contribution in [2.24, 2.45) is 5.92 Å². The Hall–Kier alpha value is -2.83. The molecule has 2 N–H and O–H groups in total. The number of amides is 2. The molecule has 0 spiro atoms. The van der Waals surface area contributed by atoms with E-state index in [0.717, 1.165) is 5.75 Å². The van der Waals surface area contributed by atoms with E-state index in [4.69, 9.17) is 4.74 Å². The Morgan fingerprint density at radius 1 is 1.25 bits per heavy atom. The number of aliphatic carboxylic acids is 1. The lowest BCUT2D eigenvalue weighted by molar-refractivity contribution is -0.143. The average molecular weight is 388 g/mol. The molecule has 7 heteroatoms. The molecule has 2 rings (SSSR count). The summed E-state index contributed by atoms with van der Waals surface area (Å²) in [6, 6.07) is 8.42. The van der Waals surface area contributed by atoms with E-state index in [9.17, 15) is 19.5 Å². The first kappa shape index (κ1) is 21.5. The summed E-state index contributed by atoms with van der Waals surface area (Å²) >= 11 is 0. The number of likely N-dealkylation sites (tertiary alicyclic amines) is 1. The predicted octanol–water partition coefficient (Wildman–Crippen LogP) is 2.23. The highest BCUT2D eigenvalue weighted by molar-refractivity contribution is 5.85. The molecule has 152 valence electrons. The van der Waals surface area contributed by atoms with Gasteiger partial charge in [-0.25, -0.2) is 4.79 Å². The van der Waals surface area contributed by atoms with Crippen LogP contribution in [0, 0.1) is 5.92 Å². The Morgan fingerprint density at radius 3 is 2.54 bits per heavy atom. The summed E-state index contributed by atoms with van der Waals surface area (Å²) in [5.41, 5.74) is 0. The zero-order valence-electron chi connectivity index (χ0n) is 16.2. The van der Waals surface area contributed by atoms with Crippen LogP contribution in [-0.2, 0) is 14.4 Å². The van der Waals surface area contributed by atoms with Crippen molar-refractivity contribution in [3.63, 3.8) is 0 Å². The fourth-order valence-corrected chi connectivity index (χ4v) is 3.11. The van der Waals surface area contributed by atoms with Crippen LogP contribution in [0.4, 0.5) is 0 Å². The van der Waals surface area contributed by atoms with Gasteiger partial charge in [0.1, 0.15) is 11.8 Å². The summed E-state index contributed by atoms with van der Waals surface area (Å²) in [5, 5.41) is 11.8. The first-order valence-electron chi connectivity index (χ1n) is 9.61. The highest BCUT2D eigenvalue weighted by Gasteiger charge is 2.29. The van der Waals surface area contributed by atoms with Crippen LogP contribution in [0.1, 0.15) is 32.6 Å². The minimum Gasteiger partial charge on any atom is -0.493 e.